The largest absolute Gasteiger partial charge is 0.340 e. The van der Waals surface area contributed by atoms with E-state index >= 15 is 0 Å². The quantitative estimate of drug-likeness (QED) is 0.660. The minimum Gasteiger partial charge on any atom is -0.340 e. The fourth-order valence-corrected chi connectivity index (χ4v) is 3.63. The molecule has 1 fully saturated rings. The number of aliphatic hydroxyl groups excluding tert-OH is 1. The molecule has 5 heterocycles. The number of fused-ring (bicyclic) bond motifs is 1. The van der Waals surface area contributed by atoms with Crippen molar-refractivity contribution in [1.82, 2.24) is 24.8 Å². The van der Waals surface area contributed by atoms with Crippen LogP contribution in [0.1, 0.15) is 28.9 Å². The predicted molar refractivity (Wildman–Crippen MR) is 106 cm³/mol. The number of nitrogens with zero attached hydrogens (tertiary/aromatic N) is 5. The number of likely N-dealkylation sites (tertiary alicyclic amines) is 1. The van der Waals surface area contributed by atoms with E-state index in [1.807, 2.05) is 22.9 Å². The Kier molecular flexibility index (Phi) is 4.54. The van der Waals surface area contributed by atoms with Gasteiger partial charge in [0.15, 0.2) is 5.84 Å². The lowest BCUT2D eigenvalue weighted by molar-refractivity contribution is -0.0896. The molecule has 3 aromatic rings. The van der Waals surface area contributed by atoms with Crippen molar-refractivity contribution < 1.29 is 23.5 Å². The molecule has 2 aliphatic rings. The summed E-state index contributed by atoms with van der Waals surface area (Å²) in [6.07, 6.45) is 3.07. The monoisotopic (exact) mass is 428 g/mol. The zero-order valence-corrected chi connectivity index (χ0v) is 16.2. The molecule has 1 saturated heterocycles. The van der Waals surface area contributed by atoms with Gasteiger partial charge in [0.05, 0.1) is 17.4 Å². The molecule has 1 unspecified atom stereocenters. The maximum absolute atomic E-state index is 13.4. The number of amidine groups is 1. The molecule has 0 saturated carbocycles. The van der Waals surface area contributed by atoms with Crippen molar-refractivity contribution in [3.8, 4) is 5.69 Å². The molecule has 0 aromatic carbocycles. The molecule has 0 radical (unpaired) electrons. The molecule has 1 amide bonds. The summed E-state index contributed by atoms with van der Waals surface area (Å²) in [6.45, 7) is 0.0657. The van der Waals surface area contributed by atoms with Gasteiger partial charge in [0.1, 0.15) is 11.3 Å². The standard InChI is InChI=1S/C20H18F2N6O3/c21-20(22)4-7-27(8-5-20)18(29)13-9-12-3-6-28(17(12)24-10-13)14-1-2-15(23-11-14)16-25-19(30)31-26-16/h1-3,6,9-11,19,30H,4-5,7-8H2,(H,25,26). The summed E-state index contributed by atoms with van der Waals surface area (Å²) in [4.78, 5) is 27.6. The summed E-state index contributed by atoms with van der Waals surface area (Å²) in [5.41, 5.74) is 2.24. The zero-order valence-electron chi connectivity index (χ0n) is 16.2. The molecule has 9 nitrogen and oxygen atoms in total. The van der Waals surface area contributed by atoms with Gasteiger partial charge in [0.2, 0.25) is 0 Å². The number of nitrogens with one attached hydrogen (secondary N) is 1. The lowest BCUT2D eigenvalue weighted by Crippen LogP contribution is -2.42. The number of halogens is 2. The highest BCUT2D eigenvalue weighted by atomic mass is 19.3. The van der Waals surface area contributed by atoms with Gasteiger partial charge in [-0.15, -0.1) is 0 Å². The second kappa shape index (κ2) is 7.27. The Hall–Kier alpha value is -3.60. The number of aromatic nitrogens is 3. The number of hydrogen-bond acceptors (Lipinski definition) is 7. The summed E-state index contributed by atoms with van der Waals surface area (Å²) in [5, 5.41) is 16.4. The van der Waals surface area contributed by atoms with E-state index in [1.165, 1.54) is 11.1 Å². The van der Waals surface area contributed by atoms with Crippen LogP contribution in [0.2, 0.25) is 0 Å². The van der Waals surface area contributed by atoms with E-state index < -0.39 is 12.3 Å². The Labute approximate surface area is 174 Å². The maximum Gasteiger partial charge on any atom is 0.305 e. The van der Waals surface area contributed by atoms with Gasteiger partial charge in [-0.2, -0.15) is 0 Å². The van der Waals surface area contributed by atoms with Crippen LogP contribution >= 0.6 is 0 Å². The number of carbonyl (C=O) groups excluding carboxylic acids is 1. The summed E-state index contributed by atoms with van der Waals surface area (Å²) in [7, 11) is 0. The van der Waals surface area contributed by atoms with Crippen LogP contribution in [0.4, 0.5) is 8.78 Å². The Bertz CT molecular complexity index is 1170. The summed E-state index contributed by atoms with van der Waals surface area (Å²) in [6, 6.07) is 7.07. The number of aliphatic hydroxyl groups is 1. The fourth-order valence-electron chi connectivity index (χ4n) is 3.63. The minimum atomic E-state index is -2.70. The summed E-state index contributed by atoms with van der Waals surface area (Å²) < 4.78 is 28.5. The number of rotatable bonds is 3. The Morgan fingerprint density at radius 2 is 2.00 bits per heavy atom. The minimum absolute atomic E-state index is 0.0329. The van der Waals surface area contributed by atoms with Crippen molar-refractivity contribution in [2.75, 3.05) is 13.1 Å². The SMILES string of the molecule is O=C(c1cnc2c(ccn2-c2ccc(C3=NOC(O)N3)nc2)c1)N1CCC(F)(F)CC1. The zero-order chi connectivity index (χ0) is 21.6. The van der Waals surface area contributed by atoms with E-state index in [1.54, 1.807) is 18.3 Å². The fraction of sp³-hybridized carbons (Fsp3) is 0.300. The van der Waals surface area contributed by atoms with Crippen molar-refractivity contribution >= 4 is 22.8 Å². The number of amides is 1. The van der Waals surface area contributed by atoms with Crippen LogP contribution in [0.3, 0.4) is 0 Å². The molecular weight excluding hydrogens is 410 g/mol. The van der Waals surface area contributed by atoms with E-state index in [4.69, 9.17) is 0 Å². The topological polar surface area (TPSA) is 105 Å². The van der Waals surface area contributed by atoms with E-state index in [2.05, 4.69) is 25.3 Å². The highest BCUT2D eigenvalue weighted by Gasteiger charge is 2.35. The van der Waals surface area contributed by atoms with E-state index in [9.17, 15) is 18.7 Å². The molecule has 3 aromatic heterocycles. The van der Waals surface area contributed by atoms with Gasteiger partial charge in [-0.05, 0) is 24.3 Å². The second-order valence-electron chi connectivity index (χ2n) is 7.41. The lowest BCUT2D eigenvalue weighted by atomic mass is 10.1. The molecule has 0 bridgehead atoms. The third-order valence-electron chi connectivity index (χ3n) is 5.33. The Balaban J connectivity index is 1.37. The molecule has 0 aliphatic carbocycles. The van der Waals surface area contributed by atoms with Crippen LogP contribution in [0.25, 0.3) is 16.7 Å². The molecule has 160 valence electrons. The van der Waals surface area contributed by atoms with E-state index in [0.29, 0.717) is 22.7 Å². The van der Waals surface area contributed by atoms with Crippen LogP contribution in [-0.4, -0.2) is 61.7 Å². The van der Waals surface area contributed by atoms with Gasteiger partial charge < -0.3 is 20.2 Å². The van der Waals surface area contributed by atoms with Gasteiger partial charge in [-0.3, -0.25) is 14.3 Å². The summed E-state index contributed by atoms with van der Waals surface area (Å²) >= 11 is 0. The number of pyridine rings is 2. The smallest absolute Gasteiger partial charge is 0.305 e. The first-order valence-corrected chi connectivity index (χ1v) is 9.69. The number of hydrogen-bond donors (Lipinski definition) is 2. The van der Waals surface area contributed by atoms with Crippen LogP contribution in [-0.2, 0) is 4.84 Å². The van der Waals surface area contributed by atoms with Crippen LogP contribution in [0, 0.1) is 0 Å². The van der Waals surface area contributed by atoms with Gasteiger partial charge in [-0.1, -0.05) is 5.16 Å². The molecule has 11 heteroatoms. The lowest BCUT2D eigenvalue weighted by Gasteiger charge is -2.31. The van der Waals surface area contributed by atoms with Gasteiger partial charge in [0.25, 0.3) is 11.8 Å². The number of oxime groups is 1. The second-order valence-corrected chi connectivity index (χ2v) is 7.41. The third kappa shape index (κ3) is 3.67. The van der Waals surface area contributed by atoms with Crippen LogP contribution < -0.4 is 5.32 Å². The van der Waals surface area contributed by atoms with Crippen LogP contribution in [0.15, 0.2) is 48.0 Å². The number of carbonyl (C=O) groups is 1. The molecule has 5 rings (SSSR count). The third-order valence-corrected chi connectivity index (χ3v) is 5.33. The Morgan fingerprint density at radius 3 is 2.68 bits per heavy atom. The molecule has 31 heavy (non-hydrogen) atoms. The van der Waals surface area contributed by atoms with Crippen molar-refractivity contribution in [1.29, 1.82) is 0 Å². The average molecular weight is 428 g/mol. The number of alkyl halides is 2. The molecule has 0 spiro atoms. The van der Waals surface area contributed by atoms with Gasteiger partial charge >= 0.3 is 6.41 Å². The Morgan fingerprint density at radius 1 is 1.19 bits per heavy atom. The highest BCUT2D eigenvalue weighted by molar-refractivity contribution is 5.98. The maximum atomic E-state index is 13.4. The van der Waals surface area contributed by atoms with Crippen molar-refractivity contribution in [3.63, 3.8) is 0 Å². The van der Waals surface area contributed by atoms with E-state index in [-0.39, 0.29) is 31.8 Å². The first kappa shape index (κ1) is 19.4. The summed E-state index contributed by atoms with van der Waals surface area (Å²) in [5.74, 6) is -2.67. The molecule has 1 atom stereocenters. The molecule has 2 aliphatic heterocycles. The van der Waals surface area contributed by atoms with Crippen molar-refractivity contribution in [2.24, 2.45) is 5.16 Å². The normalized spacial score (nSPS) is 20.3. The number of piperidine rings is 1. The van der Waals surface area contributed by atoms with Crippen molar-refractivity contribution in [2.45, 2.75) is 25.2 Å². The highest BCUT2D eigenvalue weighted by Crippen LogP contribution is 2.29. The predicted octanol–water partition coefficient (Wildman–Crippen LogP) is 1.85. The first-order valence-electron chi connectivity index (χ1n) is 9.69. The van der Waals surface area contributed by atoms with Crippen LogP contribution in [0.5, 0.6) is 0 Å². The average Bonchev–Trinajstić information content (AvgIpc) is 3.39. The van der Waals surface area contributed by atoms with Crippen molar-refractivity contribution in [3.05, 3.63) is 54.1 Å². The molecular formula is C20H18F2N6O3. The van der Waals surface area contributed by atoms with Gasteiger partial charge in [0, 0.05) is 43.7 Å². The van der Waals surface area contributed by atoms with Gasteiger partial charge in [-0.25, -0.2) is 13.8 Å². The molecule has 2 N–H and O–H groups in total. The van der Waals surface area contributed by atoms with E-state index in [0.717, 1.165) is 11.1 Å². The first-order chi connectivity index (χ1) is 14.9.